The van der Waals surface area contributed by atoms with Gasteiger partial charge in [-0.05, 0) is 37.1 Å². The minimum atomic E-state index is -3.70. The number of anilines is 2. The molecule has 0 aliphatic heterocycles. The van der Waals surface area contributed by atoms with Crippen LogP contribution in [0.2, 0.25) is 0 Å². The van der Waals surface area contributed by atoms with E-state index in [0.717, 1.165) is 55.0 Å². The number of nitrogens with two attached hydrogens (primary N) is 1. The van der Waals surface area contributed by atoms with Crippen molar-refractivity contribution in [2.24, 2.45) is 11.7 Å². The fraction of sp³-hybridized carbons (Fsp3) is 0.292. The molecular weight excluding hydrogens is 534 g/mol. The first-order valence-electron chi connectivity index (χ1n) is 11.4. The predicted octanol–water partition coefficient (Wildman–Crippen LogP) is 3.64. The zero-order valence-electron chi connectivity index (χ0n) is 19.8. The molecule has 0 bridgehead atoms. The van der Waals surface area contributed by atoms with Crippen molar-refractivity contribution in [2.75, 3.05) is 16.9 Å². The van der Waals surface area contributed by atoms with Gasteiger partial charge in [0.2, 0.25) is 0 Å². The van der Waals surface area contributed by atoms with Crippen molar-refractivity contribution in [3.05, 3.63) is 59.9 Å². The molecule has 2 aromatic heterocycles. The molecule has 0 radical (unpaired) electrons. The highest BCUT2D eigenvalue weighted by molar-refractivity contribution is 8.01. The van der Waals surface area contributed by atoms with Gasteiger partial charge in [0, 0.05) is 23.9 Å². The second-order valence-electron chi connectivity index (χ2n) is 8.51. The number of Topliss-reactive ketones (excluding diaryl/α,β-unsaturated/α-hetero) is 1. The molecule has 4 rings (SSSR count). The normalized spacial score (nSPS) is 14.8. The Morgan fingerprint density at radius 3 is 2.41 bits per heavy atom. The van der Waals surface area contributed by atoms with Crippen LogP contribution in [0.5, 0.6) is 0 Å². The van der Waals surface area contributed by atoms with Crippen molar-refractivity contribution in [3.8, 4) is 0 Å². The minimum Gasteiger partial charge on any atom is -0.317 e. The van der Waals surface area contributed by atoms with Crippen LogP contribution in [0.1, 0.15) is 47.1 Å². The number of carbonyl (C=O) groups excluding carboxylic acids is 3. The zero-order valence-corrected chi connectivity index (χ0v) is 22.3. The third-order valence-electron chi connectivity index (χ3n) is 5.78. The van der Waals surface area contributed by atoms with Crippen molar-refractivity contribution >= 4 is 61.4 Å². The number of rotatable bonds is 8. The summed E-state index contributed by atoms with van der Waals surface area (Å²) in [6.45, 7) is 0. The number of hydrogen-bond acceptors (Lipinski definition) is 10. The van der Waals surface area contributed by atoms with Gasteiger partial charge in [0.1, 0.15) is 10.7 Å². The van der Waals surface area contributed by atoms with Crippen LogP contribution in [0, 0.1) is 5.92 Å². The second kappa shape index (κ2) is 11.5. The summed E-state index contributed by atoms with van der Waals surface area (Å²) >= 11 is 2.12. The molecule has 10 nitrogen and oxygen atoms in total. The Labute approximate surface area is 222 Å². The maximum Gasteiger partial charge on any atom is 0.315 e. The van der Waals surface area contributed by atoms with Crippen LogP contribution in [-0.4, -0.2) is 42.2 Å². The van der Waals surface area contributed by atoms with Gasteiger partial charge < -0.3 is 11.1 Å². The van der Waals surface area contributed by atoms with Crippen LogP contribution in [0.3, 0.4) is 0 Å². The van der Waals surface area contributed by atoms with E-state index in [-0.39, 0.29) is 28.2 Å². The molecule has 1 saturated carbocycles. The van der Waals surface area contributed by atoms with Gasteiger partial charge in [0.15, 0.2) is 26.1 Å². The van der Waals surface area contributed by atoms with Crippen molar-refractivity contribution in [3.63, 3.8) is 0 Å². The first kappa shape index (κ1) is 26.9. The molecule has 194 valence electrons. The summed E-state index contributed by atoms with van der Waals surface area (Å²) in [6, 6.07) is 11.8. The van der Waals surface area contributed by atoms with E-state index in [1.165, 1.54) is 0 Å². The van der Waals surface area contributed by atoms with Crippen LogP contribution >= 0.6 is 23.1 Å². The van der Waals surface area contributed by atoms with E-state index in [0.29, 0.717) is 14.8 Å². The van der Waals surface area contributed by atoms with E-state index in [1.807, 2.05) is 0 Å². The summed E-state index contributed by atoms with van der Waals surface area (Å²) < 4.78 is 24.6. The van der Waals surface area contributed by atoms with E-state index in [4.69, 9.17) is 5.73 Å². The second-order valence-corrected chi connectivity index (χ2v) is 13.0. The van der Waals surface area contributed by atoms with Crippen molar-refractivity contribution in [1.82, 2.24) is 9.97 Å². The van der Waals surface area contributed by atoms with Gasteiger partial charge in [-0.3, -0.25) is 19.7 Å². The van der Waals surface area contributed by atoms with Crippen LogP contribution in [0.25, 0.3) is 0 Å². The van der Waals surface area contributed by atoms with Gasteiger partial charge in [0.25, 0.3) is 0 Å². The average molecular weight is 560 g/mol. The van der Waals surface area contributed by atoms with E-state index in [9.17, 15) is 22.8 Å². The van der Waals surface area contributed by atoms with E-state index >= 15 is 0 Å². The molecule has 1 fully saturated rings. The smallest absolute Gasteiger partial charge is 0.315 e. The lowest BCUT2D eigenvalue weighted by Crippen LogP contribution is -2.30. The molecule has 0 saturated heterocycles. The van der Waals surface area contributed by atoms with Gasteiger partial charge in [-0.1, -0.05) is 54.1 Å². The monoisotopic (exact) mass is 559 g/mol. The molecule has 3 aromatic rings. The van der Waals surface area contributed by atoms with Gasteiger partial charge in [-0.2, -0.15) is 0 Å². The summed E-state index contributed by atoms with van der Waals surface area (Å²) in [5, 5.41) is 4.07. The van der Waals surface area contributed by atoms with E-state index in [2.05, 4.69) is 20.6 Å². The highest BCUT2D eigenvalue weighted by Gasteiger charge is 2.29. The average Bonchev–Trinajstić information content (AvgIpc) is 3.54. The summed E-state index contributed by atoms with van der Waals surface area (Å²) in [6.07, 6.45) is 6.18. The number of carbonyl (C=O) groups is 3. The third kappa shape index (κ3) is 6.60. The van der Waals surface area contributed by atoms with Crippen LogP contribution in [-0.2, 0) is 19.4 Å². The highest BCUT2D eigenvalue weighted by atomic mass is 32.2. The first-order valence-corrected chi connectivity index (χ1v) is 15.0. The maximum absolute atomic E-state index is 12.9. The number of sulfone groups is 1. The molecule has 0 spiro atoms. The summed E-state index contributed by atoms with van der Waals surface area (Å²) in [4.78, 5) is 46.7. The maximum atomic E-state index is 12.9. The van der Waals surface area contributed by atoms with Gasteiger partial charge >= 0.3 is 11.8 Å². The Morgan fingerprint density at radius 2 is 1.73 bits per heavy atom. The Balaban J connectivity index is 1.52. The number of amides is 2. The number of nitrogens with zero attached hydrogens (tertiary/aromatic N) is 2. The molecule has 2 heterocycles. The fourth-order valence-corrected chi connectivity index (χ4v) is 6.73. The lowest BCUT2D eigenvalue weighted by molar-refractivity contribution is -0.133. The molecule has 37 heavy (non-hydrogen) atoms. The van der Waals surface area contributed by atoms with Gasteiger partial charge in [-0.15, -0.1) is 0 Å². The van der Waals surface area contributed by atoms with Gasteiger partial charge in [-0.25, -0.2) is 18.4 Å². The largest absolute Gasteiger partial charge is 0.317 e. The molecule has 1 aromatic carbocycles. The fourth-order valence-electron chi connectivity index (χ4n) is 3.88. The Morgan fingerprint density at radius 1 is 1.05 bits per heavy atom. The van der Waals surface area contributed by atoms with Crippen LogP contribution < -0.4 is 16.4 Å². The summed E-state index contributed by atoms with van der Waals surface area (Å²) in [7, 11) is -3.70. The highest BCUT2D eigenvalue weighted by Crippen LogP contribution is 2.39. The van der Waals surface area contributed by atoms with E-state index in [1.54, 1.807) is 48.7 Å². The van der Waals surface area contributed by atoms with Crippen molar-refractivity contribution < 1.29 is 22.8 Å². The molecule has 13 heteroatoms. The Hall–Kier alpha value is -3.13. The number of nitrogens with one attached hydrogen (secondary N) is 2. The lowest BCUT2D eigenvalue weighted by atomic mass is 9.95. The number of para-hydroxylation sites is 1. The molecule has 1 aliphatic rings. The molecular formula is C24H25N5O5S3. The summed E-state index contributed by atoms with van der Waals surface area (Å²) in [5.41, 5.74) is 6.59. The molecule has 1 aliphatic carbocycles. The molecule has 4 N–H and O–H groups in total. The third-order valence-corrected chi connectivity index (χ3v) is 9.05. The molecule has 1 unspecified atom stereocenters. The van der Waals surface area contributed by atoms with E-state index < -0.39 is 27.0 Å². The number of thiazole rings is 1. The SMILES string of the molecule is CS(=O)(=O)C(N)c1nc(NC(=O)C(=O)Nc2ccccc2C(=O)C2CCCC2)sc1Sc1ccccn1. The summed E-state index contributed by atoms with van der Waals surface area (Å²) in [5.74, 6) is -2.15. The van der Waals surface area contributed by atoms with Crippen molar-refractivity contribution in [1.29, 1.82) is 0 Å². The zero-order chi connectivity index (χ0) is 26.6. The number of pyridine rings is 1. The standard InChI is InChI=1S/C24H25N5O5S3/c1-37(33,34)20(25)18-23(35-17-12-6-7-13-26-17)36-24(28-18)29-22(32)21(31)27-16-11-5-4-10-15(16)19(30)14-8-2-3-9-14/h4-7,10-14,20H,2-3,8-9,25H2,1H3,(H,27,31)(H,28,29,32). The van der Waals surface area contributed by atoms with Gasteiger partial charge in [0.05, 0.1) is 9.90 Å². The first-order chi connectivity index (χ1) is 17.6. The number of hydrogen-bond donors (Lipinski definition) is 3. The Bertz CT molecular complexity index is 1420. The van der Waals surface area contributed by atoms with Crippen LogP contribution in [0.4, 0.5) is 10.8 Å². The van der Waals surface area contributed by atoms with Crippen molar-refractivity contribution in [2.45, 2.75) is 40.3 Å². The number of benzene rings is 1. The topological polar surface area (TPSA) is 161 Å². The Kier molecular flexibility index (Phi) is 8.37. The number of ketones is 1. The molecule has 2 amide bonds. The quantitative estimate of drug-likeness (QED) is 0.276. The lowest BCUT2D eigenvalue weighted by Gasteiger charge is -2.13. The predicted molar refractivity (Wildman–Crippen MR) is 142 cm³/mol. The van der Waals surface area contributed by atoms with Crippen LogP contribution in [0.15, 0.2) is 57.9 Å². The molecule has 1 atom stereocenters. The number of aromatic nitrogens is 2. The minimum absolute atomic E-state index is 0.00278.